The van der Waals surface area contributed by atoms with Crippen molar-refractivity contribution >= 4 is 17.6 Å². The number of rotatable bonds is 6. The van der Waals surface area contributed by atoms with E-state index >= 15 is 0 Å². The van der Waals surface area contributed by atoms with Crippen molar-refractivity contribution in [1.82, 2.24) is 29.5 Å². The Bertz CT molecular complexity index is 851. The van der Waals surface area contributed by atoms with E-state index in [4.69, 9.17) is 4.74 Å². The van der Waals surface area contributed by atoms with Crippen molar-refractivity contribution in [3.05, 3.63) is 42.8 Å². The highest BCUT2D eigenvalue weighted by Gasteiger charge is 2.13. The second-order valence-corrected chi connectivity index (χ2v) is 5.29. The molecule has 0 aliphatic rings. The highest BCUT2D eigenvalue weighted by Crippen LogP contribution is 2.25. The van der Waals surface area contributed by atoms with Gasteiger partial charge in [0.15, 0.2) is 17.4 Å². The number of aryl methyl sites for hydroxylation is 1. The number of nitrogens with zero attached hydrogens (tertiary/aromatic N) is 6. The second-order valence-electron chi connectivity index (χ2n) is 5.29. The largest absolute Gasteiger partial charge is 0.491 e. The normalized spacial score (nSPS) is 11.8. The summed E-state index contributed by atoms with van der Waals surface area (Å²) < 4.78 is 20.0. The third-order valence-electron chi connectivity index (χ3n) is 3.30. The molecule has 2 N–H and O–H groups in total. The number of anilines is 3. The molecule has 10 heteroatoms. The van der Waals surface area contributed by atoms with Crippen LogP contribution in [0.3, 0.4) is 0 Å². The predicted octanol–water partition coefficient (Wildman–Crippen LogP) is 2.06. The fourth-order valence-corrected chi connectivity index (χ4v) is 2.08. The Kier molecular flexibility index (Phi) is 4.68. The number of ether oxygens (including phenoxy) is 1. The summed E-state index contributed by atoms with van der Waals surface area (Å²) >= 11 is 0. The zero-order valence-corrected chi connectivity index (χ0v) is 13.9. The quantitative estimate of drug-likeness (QED) is 0.700. The van der Waals surface area contributed by atoms with Gasteiger partial charge in [-0.3, -0.25) is 0 Å². The number of halogens is 1. The van der Waals surface area contributed by atoms with Gasteiger partial charge in [-0.2, -0.15) is 4.98 Å². The van der Waals surface area contributed by atoms with Crippen LogP contribution in [0.5, 0.6) is 5.75 Å². The first-order valence-electron chi connectivity index (χ1n) is 7.45. The molecule has 0 radical (unpaired) electrons. The highest BCUT2D eigenvalue weighted by molar-refractivity contribution is 5.60. The summed E-state index contributed by atoms with van der Waals surface area (Å²) in [5.41, 5.74) is 0. The fourth-order valence-electron chi connectivity index (χ4n) is 2.08. The van der Waals surface area contributed by atoms with Crippen molar-refractivity contribution in [1.29, 1.82) is 0 Å². The number of hydrogen-bond acceptors (Lipinski definition) is 8. The van der Waals surface area contributed by atoms with Crippen LogP contribution >= 0.6 is 0 Å². The molecule has 25 heavy (non-hydrogen) atoms. The molecule has 0 spiro atoms. The minimum atomic E-state index is -0.488. The molecule has 9 nitrogen and oxygen atoms in total. The minimum absolute atomic E-state index is 0.309. The van der Waals surface area contributed by atoms with Crippen molar-refractivity contribution in [3.63, 3.8) is 0 Å². The molecule has 1 unspecified atom stereocenters. The number of methoxy groups -OCH3 is 1. The molecule has 0 aromatic carbocycles. The number of nitrogens with one attached hydrogen (secondary N) is 2. The molecule has 1 atom stereocenters. The van der Waals surface area contributed by atoms with E-state index < -0.39 is 5.82 Å². The molecule has 3 heterocycles. The van der Waals surface area contributed by atoms with Gasteiger partial charge in [0.1, 0.15) is 11.6 Å². The third-order valence-corrected chi connectivity index (χ3v) is 3.30. The highest BCUT2D eigenvalue weighted by atomic mass is 19.1. The van der Waals surface area contributed by atoms with E-state index in [0.717, 1.165) is 12.4 Å². The number of imidazole rings is 1. The maximum Gasteiger partial charge on any atom is 0.225 e. The summed E-state index contributed by atoms with van der Waals surface area (Å²) in [6, 6.07) is -0.309. The Morgan fingerprint density at radius 3 is 2.56 bits per heavy atom. The monoisotopic (exact) mass is 344 g/mol. The summed E-state index contributed by atoms with van der Waals surface area (Å²) in [4.78, 5) is 20.7. The Balaban J connectivity index is 1.79. The first-order chi connectivity index (χ1) is 12.0. The van der Waals surface area contributed by atoms with Gasteiger partial charge in [-0.05, 0) is 6.92 Å². The van der Waals surface area contributed by atoms with Crippen molar-refractivity contribution in [2.24, 2.45) is 7.05 Å². The molecule has 3 aromatic rings. The summed E-state index contributed by atoms with van der Waals surface area (Å²) in [5, 5.41) is 6.15. The molecule has 0 fully saturated rings. The zero-order valence-electron chi connectivity index (χ0n) is 13.9. The van der Waals surface area contributed by atoms with Crippen LogP contribution in [0.25, 0.3) is 0 Å². The van der Waals surface area contributed by atoms with Gasteiger partial charge in [-0.25, -0.2) is 24.3 Å². The lowest BCUT2D eigenvalue weighted by Crippen LogP contribution is -2.13. The van der Waals surface area contributed by atoms with Crippen LogP contribution in [0.15, 0.2) is 31.1 Å². The molecule has 0 saturated heterocycles. The zero-order chi connectivity index (χ0) is 17.8. The van der Waals surface area contributed by atoms with Crippen LogP contribution in [-0.2, 0) is 7.05 Å². The van der Waals surface area contributed by atoms with Gasteiger partial charge in [0.05, 0.1) is 38.1 Å². The van der Waals surface area contributed by atoms with Crippen molar-refractivity contribution in [3.8, 4) is 5.75 Å². The van der Waals surface area contributed by atoms with Crippen LogP contribution in [0, 0.1) is 5.82 Å². The Hall–Kier alpha value is -3.30. The van der Waals surface area contributed by atoms with Gasteiger partial charge in [0.25, 0.3) is 0 Å². The summed E-state index contributed by atoms with van der Waals surface area (Å²) in [7, 11) is 3.40. The Labute approximate surface area is 143 Å². The molecule has 3 rings (SSSR count). The standard InChI is InChI=1S/C15H17FN8O/c1-9(13-17-4-10(16)5-18-13)21-15-19-6-11(25-3)14(23-15)22-12-7-24(2)8-20-12/h4-9H,1-3H3,(H2,19,21,22,23). The second kappa shape index (κ2) is 7.07. The first kappa shape index (κ1) is 16.6. The van der Waals surface area contributed by atoms with Gasteiger partial charge in [-0.1, -0.05) is 0 Å². The topological polar surface area (TPSA) is 103 Å². The van der Waals surface area contributed by atoms with E-state index in [1.165, 1.54) is 7.11 Å². The van der Waals surface area contributed by atoms with E-state index in [-0.39, 0.29) is 6.04 Å². The molecule has 3 aromatic heterocycles. The molecule has 0 bridgehead atoms. The van der Waals surface area contributed by atoms with E-state index in [1.54, 1.807) is 12.5 Å². The van der Waals surface area contributed by atoms with Crippen molar-refractivity contribution in [2.75, 3.05) is 17.7 Å². The van der Waals surface area contributed by atoms with Crippen LogP contribution in [-0.4, -0.2) is 36.6 Å². The van der Waals surface area contributed by atoms with Crippen molar-refractivity contribution < 1.29 is 9.13 Å². The van der Waals surface area contributed by atoms with E-state index in [9.17, 15) is 4.39 Å². The van der Waals surface area contributed by atoms with Gasteiger partial charge >= 0.3 is 0 Å². The lowest BCUT2D eigenvalue weighted by molar-refractivity contribution is 0.413. The molecule has 0 aliphatic heterocycles. The predicted molar refractivity (Wildman–Crippen MR) is 89.1 cm³/mol. The number of aromatic nitrogens is 6. The maximum atomic E-state index is 12.9. The third kappa shape index (κ3) is 3.97. The molecule has 0 amide bonds. The molecular weight excluding hydrogens is 327 g/mol. The van der Waals surface area contributed by atoms with Crippen LogP contribution in [0.2, 0.25) is 0 Å². The van der Waals surface area contributed by atoms with Crippen LogP contribution < -0.4 is 15.4 Å². The lowest BCUT2D eigenvalue weighted by atomic mass is 10.3. The number of hydrogen-bond donors (Lipinski definition) is 2. The molecular formula is C15H17FN8O. The fraction of sp³-hybridized carbons (Fsp3) is 0.267. The average molecular weight is 344 g/mol. The molecule has 0 aliphatic carbocycles. The first-order valence-corrected chi connectivity index (χ1v) is 7.45. The van der Waals surface area contributed by atoms with Crippen molar-refractivity contribution in [2.45, 2.75) is 13.0 Å². The van der Waals surface area contributed by atoms with E-state index in [0.29, 0.717) is 29.2 Å². The molecule has 130 valence electrons. The summed E-state index contributed by atoms with van der Waals surface area (Å²) in [6.07, 6.45) is 7.25. The average Bonchev–Trinajstić information content (AvgIpc) is 3.00. The van der Waals surface area contributed by atoms with Gasteiger partial charge in [-0.15, -0.1) is 0 Å². The summed E-state index contributed by atoms with van der Waals surface area (Å²) in [5.74, 6) is 1.85. The summed E-state index contributed by atoms with van der Waals surface area (Å²) in [6.45, 7) is 1.83. The minimum Gasteiger partial charge on any atom is -0.491 e. The Morgan fingerprint density at radius 2 is 1.92 bits per heavy atom. The smallest absolute Gasteiger partial charge is 0.225 e. The van der Waals surface area contributed by atoms with E-state index in [2.05, 4.69) is 35.6 Å². The lowest BCUT2D eigenvalue weighted by Gasteiger charge is -2.14. The van der Waals surface area contributed by atoms with Gasteiger partial charge in [0, 0.05) is 13.2 Å². The van der Waals surface area contributed by atoms with E-state index in [1.807, 2.05) is 24.7 Å². The van der Waals surface area contributed by atoms with Gasteiger partial charge < -0.3 is 19.9 Å². The SMILES string of the molecule is COc1cnc(NC(C)c2ncc(F)cn2)nc1Nc1cn(C)cn1. The molecule has 0 saturated carbocycles. The van der Waals surface area contributed by atoms with Crippen LogP contribution in [0.1, 0.15) is 18.8 Å². The van der Waals surface area contributed by atoms with Gasteiger partial charge in [0.2, 0.25) is 5.95 Å². The van der Waals surface area contributed by atoms with Crippen LogP contribution in [0.4, 0.5) is 22.0 Å². The Morgan fingerprint density at radius 1 is 1.16 bits per heavy atom. The maximum absolute atomic E-state index is 12.9.